The Morgan fingerprint density at radius 1 is 0.756 bits per heavy atom. The average Bonchev–Trinajstić information content (AvgIpc) is 3.62. The summed E-state index contributed by atoms with van der Waals surface area (Å²) in [6.07, 6.45) is 0.293. The normalized spacial score (nSPS) is 12.7. The molecule has 41 heavy (non-hydrogen) atoms. The van der Waals surface area contributed by atoms with Crippen molar-refractivity contribution in [2.24, 2.45) is 5.92 Å². The Hall–Kier alpha value is -4.89. The maximum absolute atomic E-state index is 8.62. The minimum absolute atomic E-state index is 0.169. The molecule has 7 rings (SSSR count). The summed E-state index contributed by atoms with van der Waals surface area (Å²) in [6, 6.07) is 39.4. The van der Waals surface area contributed by atoms with Crippen molar-refractivity contribution in [1.82, 2.24) is 9.55 Å². The van der Waals surface area contributed by atoms with Crippen molar-refractivity contribution < 1.29 is 7.16 Å². The summed E-state index contributed by atoms with van der Waals surface area (Å²) in [5.41, 5.74) is 10.7. The van der Waals surface area contributed by atoms with Crippen LogP contribution < -0.4 is 0 Å². The van der Waals surface area contributed by atoms with E-state index in [2.05, 4.69) is 84.3 Å². The molecule has 0 unspecified atom stereocenters. The van der Waals surface area contributed by atoms with Gasteiger partial charge in [0.05, 0.1) is 22.3 Å². The molecule has 0 aliphatic heterocycles. The maximum atomic E-state index is 8.62. The first-order chi connectivity index (χ1) is 20.8. The number of para-hydroxylation sites is 2. The van der Waals surface area contributed by atoms with Crippen molar-refractivity contribution in [3.8, 4) is 39.3 Å². The van der Waals surface area contributed by atoms with Crippen LogP contribution in [0, 0.1) is 12.8 Å². The Balaban J connectivity index is 1.56. The fraction of sp³-hybridized carbons (Fsp3) is 0.132. The van der Waals surface area contributed by atoms with Gasteiger partial charge in [0.15, 0.2) is 0 Å². The summed E-state index contributed by atoms with van der Waals surface area (Å²) in [5.74, 6) is 0.607. The second kappa shape index (κ2) is 10.3. The van der Waals surface area contributed by atoms with E-state index in [4.69, 9.17) is 12.1 Å². The first-order valence-electron chi connectivity index (χ1n) is 15.1. The van der Waals surface area contributed by atoms with Crippen molar-refractivity contribution in [1.29, 1.82) is 0 Å². The molecule has 0 aliphatic rings. The average molecular weight is 535 g/mol. The standard InChI is InChI=1S/C38H32N2O/c1-25(2)20-27-18-19-30-33(24-41-36(30)23-27)38-39-34-16-10-11-17-35(34)40(38)37-31(28-12-6-4-7-13-28)21-26(3)22-32(37)29-14-8-5-9-15-29/h4-19,21-25H,20H2,1-3H3/i20D2. The van der Waals surface area contributed by atoms with Gasteiger partial charge in [0.25, 0.3) is 0 Å². The summed E-state index contributed by atoms with van der Waals surface area (Å²) >= 11 is 0. The van der Waals surface area contributed by atoms with Crippen LogP contribution in [-0.4, -0.2) is 9.55 Å². The minimum atomic E-state index is -1.47. The molecule has 0 aliphatic carbocycles. The summed E-state index contributed by atoms with van der Waals surface area (Å²) in [4.78, 5) is 5.20. The highest BCUT2D eigenvalue weighted by molar-refractivity contribution is 5.98. The van der Waals surface area contributed by atoms with Gasteiger partial charge in [-0.2, -0.15) is 0 Å². The molecule has 5 aromatic carbocycles. The van der Waals surface area contributed by atoms with Crippen molar-refractivity contribution in [3.63, 3.8) is 0 Å². The highest BCUT2D eigenvalue weighted by atomic mass is 16.3. The third kappa shape index (κ3) is 4.54. The Bertz CT molecular complexity index is 2030. The lowest BCUT2D eigenvalue weighted by atomic mass is 9.93. The highest BCUT2D eigenvalue weighted by Gasteiger charge is 2.24. The zero-order chi connectivity index (χ0) is 29.7. The van der Waals surface area contributed by atoms with Crippen LogP contribution in [-0.2, 0) is 6.37 Å². The van der Waals surface area contributed by atoms with E-state index < -0.39 is 6.37 Å². The van der Waals surface area contributed by atoms with Gasteiger partial charge >= 0.3 is 0 Å². The third-order valence-electron chi connectivity index (χ3n) is 7.48. The highest BCUT2D eigenvalue weighted by Crippen LogP contribution is 2.42. The second-order valence-electron chi connectivity index (χ2n) is 10.9. The van der Waals surface area contributed by atoms with Gasteiger partial charge in [-0.1, -0.05) is 98.8 Å². The quantitative estimate of drug-likeness (QED) is 0.212. The smallest absolute Gasteiger partial charge is 0.149 e. The van der Waals surface area contributed by atoms with Gasteiger partial charge in [-0.15, -0.1) is 0 Å². The molecule has 0 bridgehead atoms. The van der Waals surface area contributed by atoms with Crippen LogP contribution in [0.25, 0.3) is 61.3 Å². The molecule has 0 N–H and O–H groups in total. The monoisotopic (exact) mass is 534 g/mol. The van der Waals surface area contributed by atoms with Gasteiger partial charge in [-0.05, 0) is 71.8 Å². The van der Waals surface area contributed by atoms with Crippen molar-refractivity contribution in [2.75, 3.05) is 0 Å². The Morgan fingerprint density at radius 2 is 1.39 bits per heavy atom. The number of hydrogen-bond donors (Lipinski definition) is 0. The van der Waals surface area contributed by atoms with E-state index in [1.165, 1.54) is 5.56 Å². The molecule has 3 heteroatoms. The lowest BCUT2D eigenvalue weighted by Crippen LogP contribution is -2.03. The van der Waals surface area contributed by atoms with Gasteiger partial charge in [0.1, 0.15) is 17.7 Å². The molecule has 7 aromatic rings. The summed E-state index contributed by atoms with van der Waals surface area (Å²) in [5, 5.41) is 0.898. The fourth-order valence-electron chi connectivity index (χ4n) is 5.75. The zero-order valence-electron chi connectivity index (χ0n) is 25.4. The van der Waals surface area contributed by atoms with E-state index >= 15 is 0 Å². The Kier molecular flexibility index (Phi) is 5.72. The van der Waals surface area contributed by atoms with Crippen LogP contribution in [0.3, 0.4) is 0 Å². The Labute approximate surface area is 243 Å². The van der Waals surface area contributed by atoms with E-state index in [0.717, 1.165) is 55.7 Å². The van der Waals surface area contributed by atoms with Gasteiger partial charge in [0, 0.05) is 19.3 Å². The predicted octanol–water partition coefficient (Wildman–Crippen LogP) is 10.3. The first kappa shape index (κ1) is 22.9. The molecule has 0 spiro atoms. The summed E-state index contributed by atoms with van der Waals surface area (Å²) in [7, 11) is 0. The van der Waals surface area contributed by atoms with Gasteiger partial charge in [-0.25, -0.2) is 4.98 Å². The number of hydrogen-bond acceptors (Lipinski definition) is 2. The van der Waals surface area contributed by atoms with Crippen molar-refractivity contribution >= 4 is 22.0 Å². The van der Waals surface area contributed by atoms with Crippen LogP contribution in [0.1, 0.15) is 27.7 Å². The molecule has 200 valence electrons. The molecule has 0 amide bonds. The second-order valence-corrected chi connectivity index (χ2v) is 10.9. The number of aromatic nitrogens is 2. The van der Waals surface area contributed by atoms with Crippen LogP contribution >= 0.6 is 0 Å². The first-order valence-corrected chi connectivity index (χ1v) is 14.1. The lowest BCUT2D eigenvalue weighted by Gasteiger charge is -2.20. The molecule has 2 heterocycles. The van der Waals surface area contributed by atoms with Crippen LogP contribution in [0.5, 0.6) is 0 Å². The van der Waals surface area contributed by atoms with Gasteiger partial charge < -0.3 is 4.42 Å². The SMILES string of the molecule is [2H]C([2H])(c1ccc2c(-c3nc4ccccc4n3-c3c(-c4ccccc4)cc(C)cc3-c3ccccc3)coc2c1)C(C)C. The minimum Gasteiger partial charge on any atom is -0.464 e. The zero-order valence-corrected chi connectivity index (χ0v) is 23.4. The number of nitrogens with zero attached hydrogens (tertiary/aromatic N) is 2. The molecule has 0 saturated carbocycles. The summed E-state index contributed by atoms with van der Waals surface area (Å²) < 4.78 is 25.7. The van der Waals surface area contributed by atoms with E-state index in [1.54, 1.807) is 6.26 Å². The van der Waals surface area contributed by atoms with E-state index in [1.807, 2.05) is 56.3 Å². The van der Waals surface area contributed by atoms with Crippen molar-refractivity contribution in [3.05, 3.63) is 133 Å². The number of rotatable bonds is 6. The molecule has 0 radical (unpaired) electrons. The Morgan fingerprint density at radius 3 is 2.05 bits per heavy atom. The van der Waals surface area contributed by atoms with Gasteiger partial charge in [0.2, 0.25) is 0 Å². The molecule has 0 atom stereocenters. The maximum Gasteiger partial charge on any atom is 0.149 e. The van der Waals surface area contributed by atoms with Crippen LogP contribution in [0.2, 0.25) is 0 Å². The fourth-order valence-corrected chi connectivity index (χ4v) is 5.75. The molecule has 0 fully saturated rings. The van der Waals surface area contributed by atoms with E-state index in [9.17, 15) is 0 Å². The molecular weight excluding hydrogens is 500 g/mol. The number of furan rings is 1. The molecular formula is C38H32N2O. The van der Waals surface area contributed by atoms with Crippen molar-refractivity contribution in [2.45, 2.75) is 27.1 Å². The van der Waals surface area contributed by atoms with Crippen LogP contribution in [0.15, 0.2) is 126 Å². The predicted molar refractivity (Wildman–Crippen MR) is 170 cm³/mol. The van der Waals surface area contributed by atoms with Gasteiger partial charge in [-0.3, -0.25) is 4.57 Å². The third-order valence-corrected chi connectivity index (χ3v) is 7.48. The topological polar surface area (TPSA) is 31.0 Å². The number of fused-ring (bicyclic) bond motifs is 2. The molecule has 2 aromatic heterocycles. The number of aryl methyl sites for hydroxylation is 1. The molecule has 3 nitrogen and oxygen atoms in total. The largest absolute Gasteiger partial charge is 0.464 e. The van der Waals surface area contributed by atoms with E-state index in [-0.39, 0.29) is 5.92 Å². The molecule has 0 saturated heterocycles. The van der Waals surface area contributed by atoms with Crippen LogP contribution in [0.4, 0.5) is 0 Å². The number of benzene rings is 5. The summed E-state index contributed by atoms with van der Waals surface area (Å²) in [6.45, 7) is 5.94. The van der Waals surface area contributed by atoms with E-state index in [0.29, 0.717) is 11.1 Å². The number of imidazole rings is 1. The lowest BCUT2D eigenvalue weighted by molar-refractivity contribution is 0.613.